The van der Waals surface area contributed by atoms with E-state index in [2.05, 4.69) is 6.92 Å². The number of hydrogen-bond acceptors (Lipinski definition) is 6. The lowest BCUT2D eigenvalue weighted by Crippen LogP contribution is -2.74. The molecule has 0 fully saturated rings. The van der Waals surface area contributed by atoms with Gasteiger partial charge in [0.2, 0.25) is 0 Å². The van der Waals surface area contributed by atoms with E-state index in [1.54, 1.807) is 18.2 Å². The van der Waals surface area contributed by atoms with Crippen LogP contribution in [0.15, 0.2) is 84.9 Å². The highest BCUT2D eigenvalue weighted by atomic mass is 19.4. The fraction of sp³-hybridized carbons (Fsp3) is 0.556. The van der Waals surface area contributed by atoms with Crippen LogP contribution in [0.5, 0.6) is 5.75 Å². The summed E-state index contributed by atoms with van der Waals surface area (Å²) in [4.78, 5) is 23.6. The number of carbonyl (C=O) groups excluding carboxylic acids is 2. The molecule has 0 heterocycles. The Bertz CT molecular complexity index is 2050. The molecule has 0 saturated heterocycles. The largest absolute Gasteiger partial charge is 0.508 e. The summed E-state index contributed by atoms with van der Waals surface area (Å²) in [5.41, 5.74) is 1.26. The van der Waals surface area contributed by atoms with Crippen LogP contribution in [0, 0.1) is 5.92 Å². The Balaban J connectivity index is 1.91. The van der Waals surface area contributed by atoms with Gasteiger partial charge in [-0.2, -0.15) is 74.6 Å². The van der Waals surface area contributed by atoms with Crippen molar-refractivity contribution < 1.29 is 103 Å². The summed E-state index contributed by atoms with van der Waals surface area (Å²) in [6.45, 7) is 3.82. The number of esters is 1. The lowest BCUT2D eigenvalue weighted by Gasteiger charge is -2.42. The third kappa shape index (κ3) is 12.2. The Kier molecular flexibility index (Phi) is 18.7. The van der Waals surface area contributed by atoms with Gasteiger partial charge in [0.1, 0.15) is 5.75 Å². The van der Waals surface area contributed by atoms with Crippen LogP contribution in [0.3, 0.4) is 0 Å². The Morgan fingerprint density at radius 1 is 0.529 bits per heavy atom. The molecule has 23 heteroatoms. The van der Waals surface area contributed by atoms with Gasteiger partial charge in [-0.3, -0.25) is 4.79 Å². The molecule has 0 aliphatic heterocycles. The van der Waals surface area contributed by atoms with Gasteiger partial charge in [-0.05, 0) is 66.3 Å². The first kappa shape index (κ1) is 57.3. The molecule has 0 aliphatic carbocycles. The molecular weight excluding hydrogens is 959 g/mol. The summed E-state index contributed by atoms with van der Waals surface area (Å²) in [5, 5.41) is 0. The molecule has 0 aromatic heterocycles. The van der Waals surface area contributed by atoms with E-state index in [1.807, 2.05) is 49.4 Å². The zero-order valence-electron chi connectivity index (χ0n) is 36.4. The molecule has 3 atom stereocenters. The van der Waals surface area contributed by atoms with Gasteiger partial charge in [-0.15, -0.1) is 0 Å². The molecule has 0 spiro atoms. The van der Waals surface area contributed by atoms with Crippen molar-refractivity contribution in [3.05, 3.63) is 102 Å². The van der Waals surface area contributed by atoms with E-state index in [9.17, 15) is 84.2 Å². The molecule has 3 aromatic carbocycles. The molecule has 3 aromatic rings. The fourth-order valence-electron chi connectivity index (χ4n) is 7.17. The molecular formula is C45H47F17O6. The van der Waals surface area contributed by atoms with Gasteiger partial charge in [-0.1, -0.05) is 93.1 Å². The van der Waals surface area contributed by atoms with Crippen molar-refractivity contribution in [3.63, 3.8) is 0 Å². The molecule has 0 bridgehead atoms. The quantitative estimate of drug-likeness (QED) is 0.0453. The zero-order valence-corrected chi connectivity index (χ0v) is 36.4. The Morgan fingerprint density at radius 2 is 1.00 bits per heavy atom. The monoisotopic (exact) mass is 1010 g/mol. The Morgan fingerprint density at radius 3 is 1.51 bits per heavy atom. The molecule has 382 valence electrons. The van der Waals surface area contributed by atoms with E-state index in [4.69, 9.17) is 18.9 Å². The Labute approximate surface area is 379 Å². The number of ether oxygens (including phenoxy) is 4. The van der Waals surface area contributed by atoms with Crippen LogP contribution in [-0.4, -0.2) is 86.2 Å². The average molecular weight is 1010 g/mol. The number of benzene rings is 3. The summed E-state index contributed by atoms with van der Waals surface area (Å²) >= 11 is 0. The minimum absolute atomic E-state index is 0.0123. The first-order valence-corrected chi connectivity index (χ1v) is 20.8. The molecule has 0 amide bonds. The molecule has 0 aliphatic rings. The van der Waals surface area contributed by atoms with Gasteiger partial charge < -0.3 is 18.9 Å². The lowest BCUT2D eigenvalue weighted by molar-refractivity contribution is -0.461. The van der Waals surface area contributed by atoms with Crippen molar-refractivity contribution in [2.24, 2.45) is 5.92 Å². The molecule has 3 rings (SSSR count). The van der Waals surface area contributed by atoms with Crippen molar-refractivity contribution in [3.8, 4) is 5.75 Å². The zero-order chi connectivity index (χ0) is 51.6. The topological polar surface area (TPSA) is 71.1 Å². The number of hydrogen-bond donors (Lipinski definition) is 0. The molecule has 0 saturated carbocycles. The van der Waals surface area contributed by atoms with Crippen LogP contribution in [0.4, 0.5) is 79.4 Å². The van der Waals surface area contributed by atoms with E-state index in [1.165, 1.54) is 31.2 Å². The lowest BCUT2D eigenvalue weighted by atomic mass is 9.65. The number of alkyl halides is 17. The van der Waals surface area contributed by atoms with E-state index in [0.717, 1.165) is 17.5 Å². The fourth-order valence-corrected chi connectivity index (χ4v) is 7.17. The average Bonchev–Trinajstić information content (AvgIpc) is 3.26. The van der Waals surface area contributed by atoms with Gasteiger partial charge in [0, 0.05) is 25.2 Å². The summed E-state index contributed by atoms with van der Waals surface area (Å²) in [6, 6.07) is 24.0. The predicted octanol–water partition coefficient (Wildman–Crippen LogP) is 14.2. The highest BCUT2D eigenvalue weighted by Gasteiger charge is 2.95. The van der Waals surface area contributed by atoms with Crippen molar-refractivity contribution in [1.29, 1.82) is 0 Å². The van der Waals surface area contributed by atoms with Gasteiger partial charge in [0.15, 0.2) is 0 Å². The summed E-state index contributed by atoms with van der Waals surface area (Å²) in [7, 11) is 0. The van der Waals surface area contributed by atoms with Crippen LogP contribution in [0.1, 0.15) is 88.3 Å². The predicted molar refractivity (Wildman–Crippen MR) is 210 cm³/mol. The second-order valence-electron chi connectivity index (χ2n) is 16.0. The summed E-state index contributed by atoms with van der Waals surface area (Å²) in [5.74, 6) is -57.4. The highest BCUT2D eigenvalue weighted by molar-refractivity contribution is 5.65. The minimum atomic E-state index is -8.70. The van der Waals surface area contributed by atoms with E-state index >= 15 is 0 Å². The van der Waals surface area contributed by atoms with E-state index < -0.39 is 84.6 Å². The minimum Gasteiger partial charge on any atom is -0.494 e. The van der Waals surface area contributed by atoms with Crippen molar-refractivity contribution in [1.82, 2.24) is 0 Å². The van der Waals surface area contributed by atoms with E-state index in [-0.39, 0.29) is 50.2 Å². The normalized spacial score (nSPS) is 15.2. The molecule has 3 unspecified atom stereocenters. The first-order chi connectivity index (χ1) is 31.3. The maximum atomic E-state index is 14.6. The second-order valence-corrected chi connectivity index (χ2v) is 16.0. The standard InChI is InChI=1S/C45H47F17O6/c1-4-29(2)27-32(31-13-7-5-8-14-31)28-37(33-15-9-6-10-16-33,22-26-68-36(64)67-25-12-24-65-30(3)63)34-17-19-35(20-18-34)66-23-11-21-38(46,47)39(48,49)40(50,51)41(52,53)42(54,55)43(56,57)44(58,59)45(60,61)62/h5-10,13-20,29,32H,4,11-12,21-28H2,1-3H3. The van der Waals surface area contributed by atoms with Crippen LogP contribution >= 0.6 is 0 Å². The van der Waals surface area contributed by atoms with Crippen molar-refractivity contribution >= 4 is 12.1 Å². The van der Waals surface area contributed by atoms with Gasteiger partial charge >= 0.3 is 59.8 Å². The number of halogens is 17. The van der Waals surface area contributed by atoms with Crippen molar-refractivity contribution in [2.45, 2.75) is 125 Å². The third-order valence-electron chi connectivity index (χ3n) is 11.2. The van der Waals surface area contributed by atoms with Crippen LogP contribution in [-0.2, 0) is 24.4 Å². The van der Waals surface area contributed by atoms with Gasteiger partial charge in [0.25, 0.3) is 0 Å². The van der Waals surface area contributed by atoms with Gasteiger partial charge in [-0.25, -0.2) is 4.79 Å². The van der Waals surface area contributed by atoms with E-state index in [0.29, 0.717) is 18.4 Å². The number of rotatable bonds is 26. The Hall–Kier alpha value is -4.99. The second kappa shape index (κ2) is 22.2. The maximum Gasteiger partial charge on any atom is 0.508 e. The number of carbonyl (C=O) groups is 2. The molecule has 68 heavy (non-hydrogen) atoms. The molecule has 6 nitrogen and oxygen atoms in total. The van der Waals surface area contributed by atoms with Crippen molar-refractivity contribution in [2.75, 3.05) is 26.4 Å². The summed E-state index contributed by atoms with van der Waals surface area (Å²) < 4.78 is 254. The summed E-state index contributed by atoms with van der Waals surface area (Å²) in [6.07, 6.45) is -10.7. The van der Waals surface area contributed by atoms with Crippen LogP contribution < -0.4 is 4.74 Å². The smallest absolute Gasteiger partial charge is 0.494 e. The maximum absolute atomic E-state index is 14.6. The van der Waals surface area contributed by atoms with Crippen LogP contribution in [0.2, 0.25) is 0 Å². The SMILES string of the molecule is CCC(C)CC(CC(CCOC(=O)OCCCOC(C)=O)(c1ccccc1)c1ccc(OCCCC(F)(F)C(F)(F)C(F)(F)C(F)(F)C(F)(F)C(F)(F)C(F)(F)C(F)(F)F)cc1)c1ccccc1. The highest BCUT2D eigenvalue weighted by Crippen LogP contribution is 2.64. The molecule has 0 N–H and O–H groups in total. The first-order valence-electron chi connectivity index (χ1n) is 20.8. The van der Waals surface area contributed by atoms with Gasteiger partial charge in [0.05, 0.1) is 26.4 Å². The third-order valence-corrected chi connectivity index (χ3v) is 11.2. The van der Waals surface area contributed by atoms with Crippen LogP contribution in [0.25, 0.3) is 0 Å². The molecule has 0 radical (unpaired) electrons.